The van der Waals surface area contributed by atoms with E-state index in [-0.39, 0.29) is 11.3 Å². The molecule has 6 atom stereocenters. The summed E-state index contributed by atoms with van der Waals surface area (Å²) in [5.74, 6) is -9.04. The highest BCUT2D eigenvalue weighted by molar-refractivity contribution is 6.25. The van der Waals surface area contributed by atoms with Gasteiger partial charge in [-0.15, -0.1) is 0 Å². The summed E-state index contributed by atoms with van der Waals surface area (Å²) in [4.78, 5) is 46.1. The van der Waals surface area contributed by atoms with Crippen molar-refractivity contribution in [3.63, 3.8) is 0 Å². The first kappa shape index (κ1) is 31.9. The number of phenols is 1. The second kappa shape index (κ2) is 11.3. The lowest BCUT2D eigenvalue weighted by atomic mass is 9.55. The Morgan fingerprint density at radius 3 is 2.37 bits per heavy atom. The maximum atomic E-state index is 14.2. The van der Waals surface area contributed by atoms with Crippen molar-refractivity contribution < 1.29 is 39.9 Å². The van der Waals surface area contributed by atoms with Gasteiger partial charge < -0.3 is 36.2 Å². The van der Waals surface area contributed by atoms with Gasteiger partial charge in [0.25, 0.3) is 5.91 Å². The third-order valence-electron chi connectivity index (χ3n) is 10.4. The van der Waals surface area contributed by atoms with Crippen LogP contribution >= 0.6 is 0 Å². The molecule has 12 nitrogen and oxygen atoms in total. The molecular formula is C34H40N4O8. The monoisotopic (exact) mass is 632 g/mol. The molecule has 1 saturated heterocycles. The Morgan fingerprint density at radius 1 is 1.07 bits per heavy atom. The Morgan fingerprint density at radius 2 is 1.74 bits per heavy atom. The minimum atomic E-state index is -2.95. The number of nitrogens with zero attached hydrogens (tertiary/aromatic N) is 3. The van der Waals surface area contributed by atoms with E-state index in [0.29, 0.717) is 16.7 Å². The highest BCUT2D eigenvalue weighted by Gasteiger charge is 2.67. The number of piperazine rings is 1. The van der Waals surface area contributed by atoms with Crippen LogP contribution in [0, 0.1) is 11.8 Å². The molecular weight excluding hydrogens is 592 g/mol. The van der Waals surface area contributed by atoms with Gasteiger partial charge >= 0.3 is 0 Å². The number of rotatable bonds is 5. The number of benzene rings is 2. The van der Waals surface area contributed by atoms with Gasteiger partial charge in [0.05, 0.1) is 23.6 Å². The summed E-state index contributed by atoms with van der Waals surface area (Å²) in [5.41, 5.74) is 3.52. The van der Waals surface area contributed by atoms with Crippen molar-refractivity contribution in [3.05, 3.63) is 75.8 Å². The van der Waals surface area contributed by atoms with Crippen molar-refractivity contribution in [1.82, 2.24) is 14.7 Å². The molecule has 6 rings (SSSR count). The molecule has 1 heterocycles. The van der Waals surface area contributed by atoms with E-state index in [1.54, 1.807) is 19.1 Å². The Balaban J connectivity index is 1.45. The summed E-state index contributed by atoms with van der Waals surface area (Å²) >= 11 is 0. The molecule has 46 heavy (non-hydrogen) atoms. The van der Waals surface area contributed by atoms with Crippen LogP contribution in [0.1, 0.15) is 34.3 Å². The molecule has 0 saturated carbocycles. The van der Waals surface area contributed by atoms with Crippen LogP contribution in [0.4, 0.5) is 0 Å². The Kier molecular flexibility index (Phi) is 7.85. The van der Waals surface area contributed by atoms with Gasteiger partial charge in [0.2, 0.25) is 5.78 Å². The largest absolute Gasteiger partial charge is 0.510 e. The zero-order chi connectivity index (χ0) is 33.4. The van der Waals surface area contributed by atoms with Crippen molar-refractivity contribution in [2.45, 2.75) is 37.1 Å². The maximum Gasteiger partial charge on any atom is 0.255 e. The van der Waals surface area contributed by atoms with Crippen molar-refractivity contribution >= 4 is 17.5 Å². The number of carbonyl (C=O) groups is 3. The normalized spacial score (nSPS) is 30.4. The lowest BCUT2D eigenvalue weighted by Gasteiger charge is -2.53. The number of fused-ring (bicyclic) bond motifs is 3. The van der Waals surface area contributed by atoms with Crippen molar-refractivity contribution in [1.29, 1.82) is 0 Å². The van der Waals surface area contributed by atoms with Crippen LogP contribution in [0.15, 0.2) is 59.1 Å². The van der Waals surface area contributed by atoms with E-state index in [2.05, 4.69) is 16.8 Å². The molecule has 12 heteroatoms. The number of amides is 1. The van der Waals surface area contributed by atoms with Gasteiger partial charge in [-0.05, 0) is 49.8 Å². The van der Waals surface area contributed by atoms with Crippen LogP contribution < -0.4 is 5.73 Å². The molecule has 7 N–H and O–H groups in total. The molecule has 0 spiro atoms. The maximum absolute atomic E-state index is 14.2. The summed E-state index contributed by atoms with van der Waals surface area (Å²) < 4.78 is 0. The van der Waals surface area contributed by atoms with Gasteiger partial charge in [0.15, 0.2) is 11.4 Å². The summed E-state index contributed by atoms with van der Waals surface area (Å²) in [6.07, 6.45) is -1.64. The second-order valence-electron chi connectivity index (χ2n) is 13.3. The van der Waals surface area contributed by atoms with Crippen LogP contribution in [0.5, 0.6) is 5.75 Å². The SMILES string of the molecule is C[C@@H]1c2ccc(-c3cccc(CN4CCN(C)CC4)c3)c(O)c2C(=O)C2=C(O)[C@@]3(O)C(=O)C(C(N)=O)=C(O)[C@H](N(C)C)[C@H]3[C@H](O)[C@H]21. The second-order valence-corrected chi connectivity index (χ2v) is 13.3. The number of aliphatic hydroxyl groups excluding tert-OH is 3. The number of Topliss-reactive ketones (excluding diaryl/α,β-unsaturated/α-hetero) is 2. The number of primary amides is 1. The summed E-state index contributed by atoms with van der Waals surface area (Å²) in [5, 5.41) is 57.9. The van der Waals surface area contributed by atoms with Gasteiger partial charge in [-0.25, -0.2) is 0 Å². The summed E-state index contributed by atoms with van der Waals surface area (Å²) in [6.45, 7) is 6.26. The first-order valence-corrected chi connectivity index (χ1v) is 15.4. The number of carbonyl (C=O) groups excluding carboxylic acids is 3. The first-order valence-electron chi connectivity index (χ1n) is 15.4. The number of aliphatic hydroxyl groups is 4. The molecule has 3 aliphatic carbocycles. The zero-order valence-corrected chi connectivity index (χ0v) is 26.3. The zero-order valence-electron chi connectivity index (χ0n) is 26.3. The number of aromatic hydroxyl groups is 1. The third-order valence-corrected chi connectivity index (χ3v) is 10.4. The average molecular weight is 633 g/mol. The molecule has 4 aliphatic rings. The van der Waals surface area contributed by atoms with Crippen molar-refractivity contribution in [3.8, 4) is 16.9 Å². The van der Waals surface area contributed by atoms with E-state index in [9.17, 15) is 39.9 Å². The lowest BCUT2D eigenvalue weighted by molar-refractivity contribution is -0.162. The number of nitrogens with two attached hydrogens (primary N) is 1. The predicted molar refractivity (Wildman–Crippen MR) is 168 cm³/mol. The molecule has 1 amide bonds. The van der Waals surface area contributed by atoms with E-state index in [1.807, 2.05) is 24.3 Å². The fraction of sp³-hybridized carbons (Fsp3) is 0.441. The van der Waals surface area contributed by atoms with Gasteiger partial charge in [0, 0.05) is 49.8 Å². The minimum Gasteiger partial charge on any atom is -0.510 e. The molecule has 0 bridgehead atoms. The van der Waals surface area contributed by atoms with E-state index >= 15 is 0 Å². The summed E-state index contributed by atoms with van der Waals surface area (Å²) in [6, 6.07) is 9.80. The fourth-order valence-corrected chi connectivity index (χ4v) is 7.96. The molecule has 1 fully saturated rings. The molecule has 0 aromatic heterocycles. The number of hydrogen-bond donors (Lipinski definition) is 6. The van der Waals surface area contributed by atoms with Crippen LogP contribution in [-0.2, 0) is 16.1 Å². The van der Waals surface area contributed by atoms with E-state index in [0.717, 1.165) is 38.3 Å². The molecule has 1 aliphatic heterocycles. The molecule has 0 radical (unpaired) electrons. The number of hydrogen-bond acceptors (Lipinski definition) is 11. The highest BCUT2D eigenvalue weighted by Crippen LogP contribution is 2.56. The van der Waals surface area contributed by atoms with Gasteiger partial charge in [-0.1, -0.05) is 37.3 Å². The Bertz CT molecular complexity index is 1710. The fourth-order valence-electron chi connectivity index (χ4n) is 7.96. The molecule has 2 aromatic carbocycles. The first-order chi connectivity index (χ1) is 21.7. The highest BCUT2D eigenvalue weighted by atomic mass is 16.4. The lowest BCUT2D eigenvalue weighted by Crippen LogP contribution is -2.68. The van der Waals surface area contributed by atoms with Crippen LogP contribution in [-0.4, -0.2) is 123 Å². The topological polar surface area (TPSA) is 188 Å². The van der Waals surface area contributed by atoms with Crippen molar-refractivity contribution in [2.75, 3.05) is 47.3 Å². The minimum absolute atomic E-state index is 0.109. The third kappa shape index (κ3) is 4.58. The van der Waals surface area contributed by atoms with Crippen LogP contribution in [0.2, 0.25) is 0 Å². The predicted octanol–water partition coefficient (Wildman–Crippen LogP) is 1.07. The van der Waals surface area contributed by atoms with Crippen LogP contribution in [0.3, 0.4) is 0 Å². The molecule has 0 unspecified atom stereocenters. The van der Waals surface area contributed by atoms with E-state index in [1.165, 1.54) is 19.0 Å². The molecule has 244 valence electrons. The van der Waals surface area contributed by atoms with E-state index < -0.39 is 75.6 Å². The van der Waals surface area contributed by atoms with Crippen molar-refractivity contribution in [2.24, 2.45) is 17.6 Å². The molecule has 2 aromatic rings. The average Bonchev–Trinajstić information content (AvgIpc) is 3.00. The smallest absolute Gasteiger partial charge is 0.255 e. The summed E-state index contributed by atoms with van der Waals surface area (Å²) in [7, 11) is 5.10. The standard InChI is InChI=1S/C34H40N4O8/c1-16-19-8-9-20(18-7-5-6-17(14-18)15-38-12-10-37(4)11-13-38)27(39)22(19)28(40)23-21(16)29(41)25-26(36(2)3)30(42)24(33(35)45)32(44)34(25,46)31(23)43/h5-9,14,16,21,25-26,29,39,41-43,46H,10-13,15H2,1-4H3,(H2,35,45)/t16-,21+,25+,26-,29-,34-/m1/s1. The number of phenolic OH excluding ortho intramolecular Hbond substituents is 1. The number of ketones is 2. The van der Waals surface area contributed by atoms with Gasteiger partial charge in [-0.2, -0.15) is 0 Å². The Labute approximate surface area is 266 Å². The van der Waals surface area contributed by atoms with Gasteiger partial charge in [0.1, 0.15) is 22.8 Å². The Hall–Kier alpha value is -4.07. The quantitative estimate of drug-likeness (QED) is 0.259. The van der Waals surface area contributed by atoms with Gasteiger partial charge in [-0.3, -0.25) is 24.2 Å². The van der Waals surface area contributed by atoms with Crippen LogP contribution in [0.25, 0.3) is 11.1 Å². The van der Waals surface area contributed by atoms with E-state index in [4.69, 9.17) is 5.73 Å². The number of likely N-dealkylation sites (N-methyl/N-ethyl adjacent to an activating group) is 2.